The molecule has 8 nitrogen and oxygen atoms in total. The number of carbonyl (C=O) groups is 4. The van der Waals surface area contributed by atoms with Gasteiger partial charge in [0.2, 0.25) is 0 Å². The second kappa shape index (κ2) is 9.07. The van der Waals surface area contributed by atoms with Crippen LogP contribution in [0.15, 0.2) is 30.3 Å². The van der Waals surface area contributed by atoms with Crippen molar-refractivity contribution in [2.75, 3.05) is 13.2 Å². The van der Waals surface area contributed by atoms with Crippen molar-refractivity contribution in [2.45, 2.75) is 57.0 Å². The summed E-state index contributed by atoms with van der Waals surface area (Å²) >= 11 is 0. The van der Waals surface area contributed by atoms with Gasteiger partial charge in [-0.05, 0) is 38.2 Å². The van der Waals surface area contributed by atoms with Crippen LogP contribution < -0.4 is 10.6 Å². The number of nitrogens with one attached hydrogen (secondary N) is 2. The van der Waals surface area contributed by atoms with Crippen molar-refractivity contribution in [3.63, 3.8) is 0 Å². The Morgan fingerprint density at radius 2 is 1.90 bits per heavy atom. The van der Waals surface area contributed by atoms with Gasteiger partial charge in [-0.25, -0.2) is 4.79 Å². The largest absolute Gasteiger partial charge is 0.454 e. The summed E-state index contributed by atoms with van der Waals surface area (Å²) in [5, 5.41) is 5.48. The number of esters is 1. The number of carbonyl (C=O) groups excluding carboxylic acids is 4. The molecule has 4 amide bonds. The Labute approximate surface area is 170 Å². The van der Waals surface area contributed by atoms with Crippen LogP contribution in [0.3, 0.4) is 0 Å². The molecule has 0 aromatic heterocycles. The van der Waals surface area contributed by atoms with E-state index in [1.807, 2.05) is 30.3 Å². The molecule has 1 atom stereocenters. The minimum absolute atomic E-state index is 0.137. The van der Waals surface area contributed by atoms with Crippen molar-refractivity contribution < 1.29 is 23.9 Å². The summed E-state index contributed by atoms with van der Waals surface area (Å²) in [7, 11) is 0. The van der Waals surface area contributed by atoms with Gasteiger partial charge in [0.1, 0.15) is 12.1 Å². The van der Waals surface area contributed by atoms with Crippen LogP contribution in [0, 0.1) is 0 Å². The summed E-state index contributed by atoms with van der Waals surface area (Å²) in [6, 6.07) is 9.16. The van der Waals surface area contributed by atoms with E-state index in [-0.39, 0.29) is 11.9 Å². The maximum absolute atomic E-state index is 12.7. The predicted molar refractivity (Wildman–Crippen MR) is 105 cm³/mol. The first-order valence-electron chi connectivity index (χ1n) is 10.0. The highest BCUT2D eigenvalue weighted by Crippen LogP contribution is 2.23. The smallest absolute Gasteiger partial charge is 0.326 e. The number of amides is 4. The topological polar surface area (TPSA) is 105 Å². The molecule has 1 aliphatic heterocycles. The molecule has 1 saturated heterocycles. The molecule has 0 unspecified atom stereocenters. The van der Waals surface area contributed by atoms with Crippen molar-refractivity contribution in [1.82, 2.24) is 15.5 Å². The van der Waals surface area contributed by atoms with Crippen LogP contribution in [0.5, 0.6) is 0 Å². The third kappa shape index (κ3) is 5.34. The van der Waals surface area contributed by atoms with Crippen molar-refractivity contribution in [1.29, 1.82) is 0 Å². The quantitative estimate of drug-likeness (QED) is 0.508. The molecule has 0 radical (unpaired) electrons. The van der Waals surface area contributed by atoms with Gasteiger partial charge in [-0.15, -0.1) is 0 Å². The molecule has 2 aliphatic rings. The van der Waals surface area contributed by atoms with E-state index in [2.05, 4.69) is 10.6 Å². The Balaban J connectivity index is 1.47. The Morgan fingerprint density at radius 1 is 1.21 bits per heavy atom. The van der Waals surface area contributed by atoms with Crippen molar-refractivity contribution in [3.05, 3.63) is 35.9 Å². The van der Waals surface area contributed by atoms with E-state index in [0.717, 1.165) is 36.1 Å². The van der Waals surface area contributed by atoms with Crippen LogP contribution in [0.1, 0.15) is 44.6 Å². The molecular weight excluding hydrogens is 374 g/mol. The van der Waals surface area contributed by atoms with Gasteiger partial charge >= 0.3 is 12.0 Å². The van der Waals surface area contributed by atoms with E-state index in [0.29, 0.717) is 12.8 Å². The molecule has 1 aromatic rings. The molecule has 1 aliphatic carbocycles. The molecular formula is C21H27N3O5. The fraction of sp³-hybridized carbons (Fsp3) is 0.524. The molecule has 156 valence electrons. The Bertz CT molecular complexity index is 776. The van der Waals surface area contributed by atoms with Crippen molar-refractivity contribution in [2.24, 2.45) is 0 Å². The average Bonchev–Trinajstić information content (AvgIpc) is 3.28. The number of nitrogens with zero attached hydrogens (tertiary/aromatic N) is 1. The molecule has 1 aromatic carbocycles. The van der Waals surface area contributed by atoms with Crippen molar-refractivity contribution >= 4 is 23.8 Å². The highest BCUT2D eigenvalue weighted by atomic mass is 16.5. The van der Waals surface area contributed by atoms with Gasteiger partial charge in [-0.3, -0.25) is 19.3 Å². The molecule has 1 saturated carbocycles. The first kappa shape index (κ1) is 20.8. The lowest BCUT2D eigenvalue weighted by Gasteiger charge is -2.21. The zero-order valence-electron chi connectivity index (χ0n) is 16.6. The minimum Gasteiger partial charge on any atom is -0.454 e. The van der Waals surface area contributed by atoms with E-state index in [1.54, 1.807) is 6.92 Å². The van der Waals surface area contributed by atoms with Gasteiger partial charge in [0, 0.05) is 6.04 Å². The summed E-state index contributed by atoms with van der Waals surface area (Å²) in [4.78, 5) is 49.7. The summed E-state index contributed by atoms with van der Waals surface area (Å²) in [6.45, 7) is 0.725. The Kier molecular flexibility index (Phi) is 6.51. The second-order valence-electron chi connectivity index (χ2n) is 7.85. The van der Waals surface area contributed by atoms with Crippen molar-refractivity contribution in [3.8, 4) is 0 Å². The Hall–Kier alpha value is -2.90. The summed E-state index contributed by atoms with van der Waals surface area (Å²) in [6.07, 6.45) is 5.06. The predicted octanol–water partition coefficient (Wildman–Crippen LogP) is 1.53. The zero-order valence-corrected chi connectivity index (χ0v) is 16.6. The molecule has 0 spiro atoms. The van der Waals surface area contributed by atoms with E-state index >= 15 is 0 Å². The van der Waals surface area contributed by atoms with E-state index in [9.17, 15) is 19.2 Å². The maximum atomic E-state index is 12.7. The summed E-state index contributed by atoms with van der Waals surface area (Å²) in [5.74, 6) is -1.62. The number of ether oxygens (including phenoxy) is 1. The van der Waals surface area contributed by atoms with Gasteiger partial charge in [0.25, 0.3) is 11.8 Å². The molecule has 29 heavy (non-hydrogen) atoms. The lowest BCUT2D eigenvalue weighted by atomic mass is 9.93. The standard InChI is InChI=1S/C21H27N3O5/c1-21(12-11-15-7-3-2-4-8-15)19(27)24(20(28)23-21)13-18(26)29-14-17(25)22-16-9-5-6-10-16/h2-4,7-8,16H,5-6,9-14H2,1H3,(H,22,25)(H,23,28)/t21-/m1/s1. The first-order valence-corrected chi connectivity index (χ1v) is 10.0. The number of rotatable bonds is 8. The van der Waals surface area contributed by atoms with Gasteiger partial charge in [0.15, 0.2) is 6.61 Å². The monoisotopic (exact) mass is 401 g/mol. The van der Waals surface area contributed by atoms with Gasteiger partial charge in [0.05, 0.1) is 0 Å². The van der Waals surface area contributed by atoms with Crippen LogP contribution in [0.2, 0.25) is 0 Å². The third-order valence-electron chi connectivity index (χ3n) is 5.47. The third-order valence-corrected chi connectivity index (χ3v) is 5.47. The Morgan fingerprint density at radius 3 is 2.59 bits per heavy atom. The van der Waals surface area contributed by atoms with E-state index in [4.69, 9.17) is 4.74 Å². The number of hydrogen-bond acceptors (Lipinski definition) is 5. The molecule has 1 heterocycles. The number of hydrogen-bond donors (Lipinski definition) is 2. The highest BCUT2D eigenvalue weighted by Gasteiger charge is 2.48. The van der Waals surface area contributed by atoms with Crippen LogP contribution in [-0.2, 0) is 25.5 Å². The minimum atomic E-state index is -1.08. The van der Waals surface area contributed by atoms with Crippen LogP contribution in [-0.4, -0.2) is 53.4 Å². The zero-order chi connectivity index (χ0) is 20.9. The van der Waals surface area contributed by atoms with Gasteiger partial charge in [-0.2, -0.15) is 0 Å². The molecule has 0 bridgehead atoms. The average molecular weight is 401 g/mol. The van der Waals surface area contributed by atoms with E-state index in [1.165, 1.54) is 0 Å². The van der Waals surface area contributed by atoms with Crippen LogP contribution >= 0.6 is 0 Å². The van der Waals surface area contributed by atoms with Crippen LogP contribution in [0.4, 0.5) is 4.79 Å². The number of benzene rings is 1. The molecule has 2 N–H and O–H groups in total. The van der Waals surface area contributed by atoms with Crippen LogP contribution in [0.25, 0.3) is 0 Å². The fourth-order valence-electron chi connectivity index (χ4n) is 3.76. The molecule has 2 fully saturated rings. The second-order valence-corrected chi connectivity index (χ2v) is 7.85. The van der Waals surface area contributed by atoms with Gasteiger partial charge < -0.3 is 15.4 Å². The first-order chi connectivity index (χ1) is 13.9. The normalized spacial score (nSPS) is 21.9. The van der Waals surface area contributed by atoms with E-state index < -0.39 is 36.6 Å². The SMILES string of the molecule is C[C@]1(CCc2ccccc2)NC(=O)N(CC(=O)OCC(=O)NC2CCCC2)C1=O. The summed E-state index contributed by atoms with van der Waals surface area (Å²) < 4.78 is 4.95. The highest BCUT2D eigenvalue weighted by molar-refractivity contribution is 6.08. The molecule has 3 rings (SSSR count). The lowest BCUT2D eigenvalue weighted by Crippen LogP contribution is -2.45. The molecule has 8 heteroatoms. The number of imide groups is 1. The van der Waals surface area contributed by atoms with Gasteiger partial charge in [-0.1, -0.05) is 43.2 Å². The number of aryl methyl sites for hydroxylation is 1. The summed E-state index contributed by atoms with van der Waals surface area (Å²) in [5.41, 5.74) is -0.0190. The maximum Gasteiger partial charge on any atom is 0.326 e. The fourth-order valence-corrected chi connectivity index (χ4v) is 3.76. The lowest BCUT2D eigenvalue weighted by molar-refractivity contribution is -0.151. The number of urea groups is 1.